The Morgan fingerprint density at radius 1 is 1.16 bits per heavy atom. The number of hydrogen-bond donors (Lipinski definition) is 0. The third-order valence-corrected chi connectivity index (χ3v) is 3.90. The third kappa shape index (κ3) is 4.19. The van der Waals surface area contributed by atoms with Crippen molar-refractivity contribution < 1.29 is 23.9 Å². The molecule has 2 aromatic rings. The van der Waals surface area contributed by atoms with Crippen molar-refractivity contribution in [1.29, 1.82) is 0 Å². The highest BCUT2D eigenvalue weighted by atomic mass is 35.5. The average molecular weight is 366 g/mol. The summed E-state index contributed by atoms with van der Waals surface area (Å²) in [5.41, 5.74) is 1.29. The molecule has 25 heavy (non-hydrogen) atoms. The molecule has 2 aromatic carbocycles. The summed E-state index contributed by atoms with van der Waals surface area (Å²) in [7, 11) is 3.04. The lowest BCUT2D eigenvalue weighted by molar-refractivity contribution is -0.384. The van der Waals surface area contributed by atoms with E-state index >= 15 is 0 Å². The lowest BCUT2D eigenvalue weighted by Gasteiger charge is -2.13. The molecule has 0 saturated carbocycles. The van der Waals surface area contributed by atoms with Crippen LogP contribution in [0.2, 0.25) is 5.02 Å². The smallest absolute Gasteiger partial charge is 0.338 e. The van der Waals surface area contributed by atoms with E-state index in [-0.39, 0.29) is 22.9 Å². The molecule has 0 atom stereocenters. The van der Waals surface area contributed by atoms with Crippen LogP contribution in [0, 0.1) is 17.0 Å². The number of esters is 1. The van der Waals surface area contributed by atoms with Gasteiger partial charge in [0.1, 0.15) is 11.6 Å². The first-order valence-corrected chi connectivity index (χ1v) is 7.57. The maximum Gasteiger partial charge on any atom is 0.338 e. The Balaban J connectivity index is 2.18. The minimum atomic E-state index is -0.686. The lowest BCUT2D eigenvalue weighted by Crippen LogP contribution is -2.07. The Bertz CT molecular complexity index is 821. The highest BCUT2D eigenvalue weighted by Crippen LogP contribution is 2.31. The molecule has 0 bridgehead atoms. The number of nitrogens with zero attached hydrogens (tertiary/aromatic N) is 1. The number of carbonyl (C=O) groups excluding carboxylic acids is 1. The van der Waals surface area contributed by atoms with Crippen LogP contribution in [0.15, 0.2) is 30.3 Å². The molecule has 0 aliphatic rings. The molecule has 0 unspecified atom stereocenters. The van der Waals surface area contributed by atoms with Gasteiger partial charge in [-0.2, -0.15) is 0 Å². The second-order valence-electron chi connectivity index (χ2n) is 5.13. The lowest BCUT2D eigenvalue weighted by atomic mass is 10.1. The van der Waals surface area contributed by atoms with E-state index in [1.807, 2.05) is 6.92 Å². The van der Waals surface area contributed by atoms with Crippen LogP contribution in [-0.2, 0) is 11.3 Å². The Kier molecular flexibility index (Phi) is 5.82. The van der Waals surface area contributed by atoms with E-state index < -0.39 is 10.9 Å². The normalized spacial score (nSPS) is 10.2. The summed E-state index contributed by atoms with van der Waals surface area (Å²) in [6, 6.07) is 7.24. The molecule has 0 amide bonds. The molecule has 2 rings (SSSR count). The number of benzene rings is 2. The van der Waals surface area contributed by atoms with Crippen molar-refractivity contribution in [1.82, 2.24) is 0 Å². The summed E-state index contributed by atoms with van der Waals surface area (Å²) < 4.78 is 15.7. The van der Waals surface area contributed by atoms with Crippen LogP contribution in [-0.4, -0.2) is 25.1 Å². The molecule has 132 valence electrons. The van der Waals surface area contributed by atoms with Gasteiger partial charge < -0.3 is 14.2 Å². The molecule has 8 heteroatoms. The minimum Gasteiger partial charge on any atom is -0.493 e. The number of carbonyl (C=O) groups is 1. The summed E-state index contributed by atoms with van der Waals surface area (Å²) in [6.07, 6.45) is 0. The van der Waals surface area contributed by atoms with Crippen LogP contribution in [0.4, 0.5) is 5.69 Å². The third-order valence-electron chi connectivity index (χ3n) is 3.58. The van der Waals surface area contributed by atoms with Crippen LogP contribution in [0.25, 0.3) is 0 Å². The van der Waals surface area contributed by atoms with Gasteiger partial charge in [0.25, 0.3) is 5.69 Å². The van der Waals surface area contributed by atoms with Crippen LogP contribution < -0.4 is 9.47 Å². The minimum absolute atomic E-state index is 0.0125. The van der Waals surface area contributed by atoms with Gasteiger partial charge in [0.05, 0.1) is 24.7 Å². The quantitative estimate of drug-likeness (QED) is 0.438. The SMILES string of the molecule is COc1cc(C)c(COC(=O)c2ccc(Cl)c([N+](=O)[O-])c2)cc1OC. The highest BCUT2D eigenvalue weighted by Gasteiger charge is 2.18. The first-order chi connectivity index (χ1) is 11.9. The van der Waals surface area contributed by atoms with Gasteiger partial charge in [-0.25, -0.2) is 4.79 Å². The summed E-state index contributed by atoms with van der Waals surface area (Å²) in [6.45, 7) is 1.83. The van der Waals surface area contributed by atoms with E-state index in [1.54, 1.807) is 12.1 Å². The Hall–Kier alpha value is -2.80. The first-order valence-electron chi connectivity index (χ1n) is 7.20. The fraction of sp³-hybridized carbons (Fsp3) is 0.235. The second kappa shape index (κ2) is 7.85. The maximum atomic E-state index is 12.1. The van der Waals surface area contributed by atoms with E-state index in [9.17, 15) is 14.9 Å². The summed E-state index contributed by atoms with van der Waals surface area (Å²) in [5.74, 6) is 0.402. The topological polar surface area (TPSA) is 87.9 Å². The van der Waals surface area contributed by atoms with Gasteiger partial charge in [0.15, 0.2) is 11.5 Å². The molecule has 0 heterocycles. The predicted octanol–water partition coefficient (Wildman–Crippen LogP) is 3.93. The summed E-state index contributed by atoms with van der Waals surface area (Å²) in [4.78, 5) is 22.4. The van der Waals surface area contributed by atoms with E-state index in [0.717, 1.165) is 17.2 Å². The fourth-order valence-corrected chi connectivity index (χ4v) is 2.37. The zero-order valence-corrected chi connectivity index (χ0v) is 14.6. The van der Waals surface area contributed by atoms with Gasteiger partial charge in [-0.15, -0.1) is 0 Å². The molecule has 0 saturated heterocycles. The van der Waals surface area contributed by atoms with Gasteiger partial charge in [0, 0.05) is 6.07 Å². The van der Waals surface area contributed by atoms with Crippen LogP contribution in [0.5, 0.6) is 11.5 Å². The molecule has 0 spiro atoms. The highest BCUT2D eigenvalue weighted by molar-refractivity contribution is 6.32. The fourth-order valence-electron chi connectivity index (χ4n) is 2.18. The van der Waals surface area contributed by atoms with Crippen molar-refractivity contribution in [3.05, 3.63) is 62.2 Å². The van der Waals surface area contributed by atoms with Crippen LogP contribution in [0.3, 0.4) is 0 Å². The van der Waals surface area contributed by atoms with Crippen molar-refractivity contribution in [2.75, 3.05) is 14.2 Å². The summed E-state index contributed by atoms with van der Waals surface area (Å²) >= 11 is 5.73. The standard InChI is InChI=1S/C17H16ClNO6/c1-10-6-15(23-2)16(24-3)8-12(10)9-25-17(20)11-4-5-13(18)14(7-11)19(21)22/h4-8H,9H2,1-3H3. The van der Waals surface area contributed by atoms with Crippen molar-refractivity contribution in [3.63, 3.8) is 0 Å². The number of aryl methyl sites for hydroxylation is 1. The number of ether oxygens (including phenoxy) is 3. The number of halogens is 1. The Morgan fingerprint density at radius 2 is 1.80 bits per heavy atom. The molecule has 0 aliphatic heterocycles. The van der Waals surface area contributed by atoms with E-state index in [2.05, 4.69) is 0 Å². The van der Waals surface area contributed by atoms with Crippen molar-refractivity contribution in [2.45, 2.75) is 13.5 Å². The van der Waals surface area contributed by atoms with Gasteiger partial charge in [-0.3, -0.25) is 10.1 Å². The number of hydrogen-bond acceptors (Lipinski definition) is 6. The Morgan fingerprint density at radius 3 is 2.40 bits per heavy atom. The zero-order valence-electron chi connectivity index (χ0n) is 13.9. The number of methoxy groups -OCH3 is 2. The Labute approximate surface area is 149 Å². The van der Waals surface area contributed by atoms with E-state index in [1.165, 1.54) is 26.4 Å². The first kappa shape index (κ1) is 18.5. The molecular formula is C17H16ClNO6. The molecule has 7 nitrogen and oxygen atoms in total. The van der Waals surface area contributed by atoms with Gasteiger partial charge in [-0.1, -0.05) is 11.6 Å². The van der Waals surface area contributed by atoms with E-state index in [4.69, 9.17) is 25.8 Å². The molecule has 0 radical (unpaired) electrons. The van der Waals surface area contributed by atoms with Gasteiger partial charge in [0.2, 0.25) is 0 Å². The molecule has 0 fully saturated rings. The number of nitro benzene ring substituents is 1. The van der Waals surface area contributed by atoms with Gasteiger partial charge in [-0.05, 0) is 42.3 Å². The molecule has 0 aliphatic carbocycles. The summed E-state index contributed by atoms with van der Waals surface area (Å²) in [5, 5.41) is 10.9. The zero-order chi connectivity index (χ0) is 18.6. The van der Waals surface area contributed by atoms with Crippen LogP contribution in [0.1, 0.15) is 21.5 Å². The number of nitro groups is 1. The largest absolute Gasteiger partial charge is 0.493 e. The number of rotatable bonds is 6. The molecule has 0 aromatic heterocycles. The van der Waals surface area contributed by atoms with Crippen molar-refractivity contribution in [2.24, 2.45) is 0 Å². The monoisotopic (exact) mass is 365 g/mol. The van der Waals surface area contributed by atoms with Gasteiger partial charge >= 0.3 is 5.97 Å². The van der Waals surface area contributed by atoms with Crippen LogP contribution >= 0.6 is 11.6 Å². The predicted molar refractivity (Wildman–Crippen MR) is 91.5 cm³/mol. The average Bonchev–Trinajstić information content (AvgIpc) is 2.60. The molecule has 0 N–H and O–H groups in total. The van der Waals surface area contributed by atoms with E-state index in [0.29, 0.717) is 11.5 Å². The van der Waals surface area contributed by atoms with Crippen molar-refractivity contribution in [3.8, 4) is 11.5 Å². The second-order valence-corrected chi connectivity index (χ2v) is 5.54. The maximum absolute atomic E-state index is 12.1. The van der Waals surface area contributed by atoms with Crippen molar-refractivity contribution >= 4 is 23.3 Å². The molecular weight excluding hydrogens is 350 g/mol.